The van der Waals surface area contributed by atoms with Crippen molar-refractivity contribution in [2.75, 3.05) is 0 Å². The van der Waals surface area contributed by atoms with Crippen molar-refractivity contribution in [2.45, 2.75) is 0 Å². The van der Waals surface area contributed by atoms with Crippen LogP contribution >= 0.6 is 0 Å². The summed E-state index contributed by atoms with van der Waals surface area (Å²) in [5.41, 5.74) is 1.17. The van der Waals surface area contributed by atoms with Gasteiger partial charge in [0.05, 0.1) is 10.2 Å². The van der Waals surface area contributed by atoms with Gasteiger partial charge in [0.1, 0.15) is 0 Å². The number of benzene rings is 1. The zero-order valence-electron chi connectivity index (χ0n) is 5.39. The molecule has 1 N–H and O–H groups in total. The van der Waals surface area contributed by atoms with Gasteiger partial charge in [-0.15, -0.1) is 0 Å². The summed E-state index contributed by atoms with van der Waals surface area (Å²) in [5, 5.41) is 2.27. The van der Waals surface area contributed by atoms with E-state index in [1.807, 2.05) is 12.1 Å². The molecular formula is C8H6NSi. The van der Waals surface area contributed by atoms with Crippen LogP contribution in [-0.2, 0) is 0 Å². The Balaban J connectivity index is 2.88. The van der Waals surface area contributed by atoms with E-state index in [9.17, 15) is 0 Å². The van der Waals surface area contributed by atoms with Crippen LogP contribution in [0.15, 0.2) is 30.3 Å². The molecule has 0 aliphatic heterocycles. The van der Waals surface area contributed by atoms with Gasteiger partial charge in [-0.05, 0) is 22.8 Å². The quantitative estimate of drug-likeness (QED) is 0.530. The van der Waals surface area contributed by atoms with Crippen LogP contribution in [0.1, 0.15) is 0 Å². The van der Waals surface area contributed by atoms with Crippen LogP contribution < -0.4 is 5.32 Å². The van der Waals surface area contributed by atoms with Gasteiger partial charge in [-0.1, -0.05) is 18.2 Å². The summed E-state index contributed by atoms with van der Waals surface area (Å²) in [4.78, 5) is 3.17. The number of rotatable bonds is 0. The maximum atomic E-state index is 3.42. The lowest BCUT2D eigenvalue weighted by atomic mass is 10.3. The van der Waals surface area contributed by atoms with E-state index >= 15 is 0 Å². The van der Waals surface area contributed by atoms with Crippen molar-refractivity contribution in [3.8, 4) is 0 Å². The molecule has 0 atom stereocenters. The van der Waals surface area contributed by atoms with Crippen molar-refractivity contribution < 1.29 is 0 Å². The van der Waals surface area contributed by atoms with Gasteiger partial charge >= 0.3 is 0 Å². The number of aromatic nitrogens is 1. The van der Waals surface area contributed by atoms with Crippen LogP contribution in [0, 0.1) is 0 Å². The summed E-state index contributed by atoms with van der Waals surface area (Å²) < 4.78 is 0. The van der Waals surface area contributed by atoms with Crippen LogP contribution in [0.4, 0.5) is 0 Å². The highest BCUT2D eigenvalue weighted by Crippen LogP contribution is 2.07. The monoisotopic (exact) mass is 144 g/mol. The number of H-pyrrole nitrogens is 1. The molecule has 1 nitrogen and oxygen atoms in total. The van der Waals surface area contributed by atoms with E-state index in [2.05, 4.69) is 33.4 Å². The Morgan fingerprint density at radius 3 is 2.80 bits per heavy atom. The fourth-order valence-corrected chi connectivity index (χ4v) is 1.36. The summed E-state index contributed by atoms with van der Waals surface area (Å²) in [6.45, 7) is 0. The van der Waals surface area contributed by atoms with Crippen molar-refractivity contribution in [3.63, 3.8) is 0 Å². The average molecular weight is 144 g/mol. The lowest BCUT2D eigenvalue weighted by molar-refractivity contribution is 1.54. The van der Waals surface area contributed by atoms with Gasteiger partial charge in [0.25, 0.3) is 0 Å². The molecule has 0 bridgehead atoms. The topological polar surface area (TPSA) is 15.8 Å². The molecule has 2 aromatic rings. The van der Waals surface area contributed by atoms with E-state index in [4.69, 9.17) is 0 Å². The second-order valence-corrected chi connectivity index (χ2v) is 2.81. The Bertz CT molecular complexity index is 318. The molecule has 47 valence electrons. The summed E-state index contributed by atoms with van der Waals surface area (Å²) >= 11 is 0. The number of para-hydroxylation sites is 1. The lowest BCUT2D eigenvalue weighted by Crippen LogP contribution is -1.99. The van der Waals surface area contributed by atoms with Crippen molar-refractivity contribution in [1.29, 1.82) is 0 Å². The first-order valence-electron chi connectivity index (χ1n) is 3.15. The highest BCUT2D eigenvalue weighted by atomic mass is 28.1. The van der Waals surface area contributed by atoms with Crippen LogP contribution in [0.2, 0.25) is 0 Å². The maximum Gasteiger partial charge on any atom is 0.0962 e. The fourth-order valence-electron chi connectivity index (χ4n) is 1.07. The number of hydrogen-bond donors (Lipinski definition) is 1. The average Bonchev–Trinajstić information content (AvgIpc) is 2.27. The van der Waals surface area contributed by atoms with Crippen molar-refractivity contribution >= 4 is 26.5 Å². The molecule has 10 heavy (non-hydrogen) atoms. The predicted molar refractivity (Wildman–Crippen MR) is 43.7 cm³/mol. The number of nitrogens with one attached hydrogen (secondary N) is 1. The van der Waals surface area contributed by atoms with Crippen molar-refractivity contribution in [2.24, 2.45) is 0 Å². The van der Waals surface area contributed by atoms with Crippen molar-refractivity contribution in [3.05, 3.63) is 30.3 Å². The Morgan fingerprint density at radius 2 is 2.00 bits per heavy atom. The molecule has 2 heteroatoms. The molecule has 1 aromatic heterocycles. The van der Waals surface area contributed by atoms with E-state index in [-0.39, 0.29) is 0 Å². The highest BCUT2D eigenvalue weighted by molar-refractivity contribution is 6.32. The normalized spacial score (nSPS) is 10.5. The first-order valence-corrected chi connectivity index (χ1v) is 3.65. The Labute approximate surface area is 62.5 Å². The minimum Gasteiger partial charge on any atom is -0.363 e. The zero-order valence-corrected chi connectivity index (χ0v) is 6.39. The molecule has 1 heterocycles. The molecule has 0 fully saturated rings. The molecule has 0 aliphatic carbocycles. The molecule has 0 amide bonds. The van der Waals surface area contributed by atoms with Crippen LogP contribution in [0.5, 0.6) is 0 Å². The van der Waals surface area contributed by atoms with Gasteiger partial charge in [-0.2, -0.15) is 0 Å². The third kappa shape index (κ3) is 0.771. The molecule has 0 spiro atoms. The Hall–Kier alpha value is -1.02. The largest absolute Gasteiger partial charge is 0.363 e. The molecule has 0 saturated heterocycles. The number of aromatic amines is 1. The third-order valence-corrected chi connectivity index (χ3v) is 1.80. The van der Waals surface area contributed by atoms with E-state index in [0.717, 1.165) is 5.32 Å². The molecular weight excluding hydrogens is 138 g/mol. The standard InChI is InChI=1S/C8H6NSi/c10-8-5-6-3-1-2-4-7(6)9-8/h1-5,9H. The van der Waals surface area contributed by atoms with Gasteiger partial charge in [0.15, 0.2) is 0 Å². The molecule has 0 aliphatic rings. The van der Waals surface area contributed by atoms with Crippen LogP contribution in [-0.4, -0.2) is 15.2 Å². The molecule has 0 unspecified atom stereocenters. The SMILES string of the molecule is [Si]c1cc2ccccc2[nH]1. The molecule has 3 radical (unpaired) electrons. The number of fused-ring (bicyclic) bond motifs is 1. The van der Waals surface area contributed by atoms with Gasteiger partial charge in [0.2, 0.25) is 0 Å². The fraction of sp³-hybridized carbons (Fsp3) is 0. The zero-order chi connectivity index (χ0) is 6.97. The van der Waals surface area contributed by atoms with Gasteiger partial charge in [-0.25, -0.2) is 0 Å². The summed E-state index contributed by atoms with van der Waals surface area (Å²) in [7, 11) is 3.42. The summed E-state index contributed by atoms with van der Waals surface area (Å²) in [5.74, 6) is 0. The second kappa shape index (κ2) is 1.99. The van der Waals surface area contributed by atoms with Crippen molar-refractivity contribution in [1.82, 2.24) is 4.98 Å². The second-order valence-electron chi connectivity index (χ2n) is 2.27. The maximum absolute atomic E-state index is 3.42. The predicted octanol–water partition coefficient (Wildman–Crippen LogP) is 0.962. The number of hydrogen-bond acceptors (Lipinski definition) is 0. The Kier molecular flexibility index (Phi) is 1.14. The smallest absolute Gasteiger partial charge is 0.0962 e. The lowest BCUT2D eigenvalue weighted by Gasteiger charge is -1.83. The Morgan fingerprint density at radius 1 is 1.20 bits per heavy atom. The van der Waals surface area contributed by atoms with E-state index in [1.54, 1.807) is 0 Å². The first-order chi connectivity index (χ1) is 4.86. The first kappa shape index (κ1) is 5.74. The van der Waals surface area contributed by atoms with Crippen LogP contribution in [0.25, 0.3) is 10.9 Å². The molecule has 2 rings (SSSR count). The van der Waals surface area contributed by atoms with Gasteiger partial charge < -0.3 is 4.98 Å². The summed E-state index contributed by atoms with van der Waals surface area (Å²) in [6, 6.07) is 10.2. The summed E-state index contributed by atoms with van der Waals surface area (Å²) in [6.07, 6.45) is 0. The minimum atomic E-state index is 1.03. The highest BCUT2D eigenvalue weighted by Gasteiger charge is 1.92. The molecule has 0 saturated carbocycles. The van der Waals surface area contributed by atoms with Crippen LogP contribution in [0.3, 0.4) is 0 Å². The van der Waals surface area contributed by atoms with Gasteiger partial charge in [0, 0.05) is 5.52 Å². The third-order valence-electron chi connectivity index (χ3n) is 1.53. The van der Waals surface area contributed by atoms with E-state index in [0.29, 0.717) is 0 Å². The molecule has 1 aromatic carbocycles. The van der Waals surface area contributed by atoms with Gasteiger partial charge in [-0.3, -0.25) is 0 Å². The minimum absolute atomic E-state index is 1.03. The van der Waals surface area contributed by atoms with E-state index < -0.39 is 0 Å². The van der Waals surface area contributed by atoms with E-state index in [1.165, 1.54) is 10.9 Å².